The van der Waals surface area contributed by atoms with Gasteiger partial charge in [-0.25, -0.2) is 9.97 Å². The normalized spacial score (nSPS) is 10.1. The Labute approximate surface area is 131 Å². The van der Waals surface area contributed by atoms with Crippen molar-refractivity contribution in [2.75, 3.05) is 19.5 Å². The molecule has 1 heterocycles. The van der Waals surface area contributed by atoms with Crippen molar-refractivity contribution in [2.45, 2.75) is 0 Å². The van der Waals surface area contributed by atoms with Crippen molar-refractivity contribution in [2.24, 2.45) is 0 Å². The first-order valence-corrected chi connectivity index (χ1v) is 6.51. The van der Waals surface area contributed by atoms with Crippen molar-refractivity contribution in [3.8, 4) is 11.5 Å². The molecule has 1 N–H and O–H groups in total. The minimum atomic E-state index is -0.422. The van der Waals surface area contributed by atoms with Crippen LogP contribution in [-0.2, 0) is 0 Å². The van der Waals surface area contributed by atoms with E-state index in [2.05, 4.69) is 15.3 Å². The zero-order valence-electron chi connectivity index (χ0n) is 11.2. The zero-order chi connectivity index (χ0) is 15.4. The minimum Gasteiger partial charge on any atom is -0.493 e. The number of halogens is 2. The van der Waals surface area contributed by atoms with E-state index < -0.39 is 5.91 Å². The zero-order valence-corrected chi connectivity index (χ0v) is 12.7. The quantitative estimate of drug-likeness (QED) is 0.873. The second-order valence-corrected chi connectivity index (χ2v) is 4.57. The lowest BCUT2D eigenvalue weighted by Gasteiger charge is -2.10. The fourth-order valence-corrected chi connectivity index (χ4v) is 2.02. The summed E-state index contributed by atoms with van der Waals surface area (Å²) in [6.45, 7) is 0. The number of amides is 1. The van der Waals surface area contributed by atoms with Crippen LogP contribution >= 0.6 is 23.2 Å². The van der Waals surface area contributed by atoms with Gasteiger partial charge in [-0.3, -0.25) is 4.79 Å². The average Bonchev–Trinajstić information content (AvgIpc) is 2.50. The molecule has 0 saturated heterocycles. The number of aromatic nitrogens is 2. The second-order valence-electron chi connectivity index (χ2n) is 3.85. The summed E-state index contributed by atoms with van der Waals surface area (Å²) in [5.41, 5.74) is 0.504. The molecule has 0 aliphatic heterocycles. The summed E-state index contributed by atoms with van der Waals surface area (Å²) < 4.78 is 10.3. The Kier molecular flexibility index (Phi) is 4.82. The maximum atomic E-state index is 12.2. The second kappa shape index (κ2) is 6.60. The van der Waals surface area contributed by atoms with Gasteiger partial charge in [-0.15, -0.1) is 0 Å². The fraction of sp³-hybridized carbons (Fsp3) is 0.154. The van der Waals surface area contributed by atoms with E-state index in [4.69, 9.17) is 32.7 Å². The molecule has 1 amide bonds. The third-order valence-electron chi connectivity index (χ3n) is 2.64. The van der Waals surface area contributed by atoms with Gasteiger partial charge in [-0.2, -0.15) is 0 Å². The molecule has 0 fully saturated rings. The number of anilines is 1. The summed E-state index contributed by atoms with van der Waals surface area (Å²) in [4.78, 5) is 19.7. The van der Waals surface area contributed by atoms with Crippen LogP contribution in [0, 0.1) is 0 Å². The van der Waals surface area contributed by atoms with Gasteiger partial charge in [0.25, 0.3) is 5.91 Å². The molecule has 0 bridgehead atoms. The van der Waals surface area contributed by atoms with E-state index in [-0.39, 0.29) is 16.0 Å². The number of hydrogen-bond acceptors (Lipinski definition) is 5. The molecule has 21 heavy (non-hydrogen) atoms. The van der Waals surface area contributed by atoms with Crippen LogP contribution < -0.4 is 14.8 Å². The Morgan fingerprint density at radius 2 is 1.71 bits per heavy atom. The van der Waals surface area contributed by atoms with E-state index in [1.54, 1.807) is 18.2 Å². The summed E-state index contributed by atoms with van der Waals surface area (Å²) in [6.07, 6.45) is 1.21. The number of hydrogen-bond donors (Lipinski definition) is 1. The van der Waals surface area contributed by atoms with Crippen LogP contribution in [0.4, 0.5) is 5.69 Å². The first-order valence-electron chi connectivity index (χ1n) is 5.76. The molecule has 0 unspecified atom stereocenters. The SMILES string of the molecule is COc1ccc(C(=O)Nc2c(Cl)ncnc2Cl)cc1OC. The van der Waals surface area contributed by atoms with Crippen LogP contribution in [0.3, 0.4) is 0 Å². The molecule has 1 aromatic heterocycles. The van der Waals surface area contributed by atoms with Crippen LogP contribution in [0.5, 0.6) is 11.5 Å². The van der Waals surface area contributed by atoms with Crippen molar-refractivity contribution in [1.82, 2.24) is 9.97 Å². The lowest BCUT2D eigenvalue weighted by molar-refractivity contribution is 0.102. The van der Waals surface area contributed by atoms with Gasteiger partial charge in [0, 0.05) is 5.56 Å². The Bertz CT molecular complexity index is 659. The predicted molar refractivity (Wildman–Crippen MR) is 79.6 cm³/mol. The van der Waals surface area contributed by atoms with Crippen LogP contribution in [0.1, 0.15) is 10.4 Å². The van der Waals surface area contributed by atoms with Crippen LogP contribution in [0.15, 0.2) is 24.5 Å². The van der Waals surface area contributed by atoms with Gasteiger partial charge >= 0.3 is 0 Å². The van der Waals surface area contributed by atoms with Crippen molar-refractivity contribution < 1.29 is 14.3 Å². The molecule has 2 rings (SSSR count). The summed E-state index contributed by atoms with van der Waals surface area (Å²) in [5, 5.41) is 2.68. The molecule has 0 radical (unpaired) electrons. The molecule has 0 saturated carbocycles. The monoisotopic (exact) mass is 327 g/mol. The molecule has 0 aliphatic carbocycles. The third-order valence-corrected chi connectivity index (χ3v) is 3.21. The van der Waals surface area contributed by atoms with Gasteiger partial charge in [0.05, 0.1) is 14.2 Å². The van der Waals surface area contributed by atoms with Gasteiger partial charge < -0.3 is 14.8 Å². The molecule has 2 aromatic rings. The highest BCUT2D eigenvalue weighted by atomic mass is 35.5. The molecular formula is C13H11Cl2N3O3. The standard InChI is InChI=1S/C13H11Cl2N3O3/c1-20-8-4-3-7(5-9(8)21-2)13(19)18-10-11(14)16-6-17-12(10)15/h3-6H,1-2H3,(H,18,19). The first kappa shape index (κ1) is 15.3. The van der Waals surface area contributed by atoms with Gasteiger partial charge in [-0.1, -0.05) is 23.2 Å². The summed E-state index contributed by atoms with van der Waals surface area (Å²) >= 11 is 11.7. The van der Waals surface area contributed by atoms with Crippen molar-refractivity contribution in [3.63, 3.8) is 0 Å². The Balaban J connectivity index is 2.29. The molecule has 110 valence electrons. The number of nitrogens with zero attached hydrogens (tertiary/aromatic N) is 2. The number of benzene rings is 1. The van der Waals surface area contributed by atoms with E-state index in [9.17, 15) is 4.79 Å². The van der Waals surface area contributed by atoms with Gasteiger partial charge in [0.2, 0.25) is 0 Å². The Morgan fingerprint density at radius 3 is 2.29 bits per heavy atom. The number of ether oxygens (including phenoxy) is 2. The predicted octanol–water partition coefficient (Wildman–Crippen LogP) is 3.05. The number of carbonyl (C=O) groups is 1. The van der Waals surface area contributed by atoms with Crippen molar-refractivity contribution in [3.05, 3.63) is 40.4 Å². The summed E-state index contributed by atoms with van der Waals surface area (Å²) in [5.74, 6) is 0.536. The molecule has 0 aliphatic rings. The lowest BCUT2D eigenvalue weighted by atomic mass is 10.2. The van der Waals surface area contributed by atoms with Gasteiger partial charge in [0.15, 0.2) is 21.8 Å². The number of methoxy groups -OCH3 is 2. The van der Waals surface area contributed by atoms with Crippen molar-refractivity contribution >= 4 is 34.8 Å². The molecular weight excluding hydrogens is 317 g/mol. The number of rotatable bonds is 4. The van der Waals surface area contributed by atoms with E-state index in [1.807, 2.05) is 0 Å². The van der Waals surface area contributed by atoms with E-state index in [1.165, 1.54) is 20.5 Å². The molecule has 8 heteroatoms. The van der Waals surface area contributed by atoms with E-state index in [0.29, 0.717) is 17.1 Å². The maximum Gasteiger partial charge on any atom is 0.255 e. The third kappa shape index (κ3) is 3.34. The van der Waals surface area contributed by atoms with Gasteiger partial charge in [0.1, 0.15) is 12.0 Å². The molecule has 0 atom stereocenters. The van der Waals surface area contributed by atoms with E-state index >= 15 is 0 Å². The van der Waals surface area contributed by atoms with Gasteiger partial charge in [-0.05, 0) is 18.2 Å². The van der Waals surface area contributed by atoms with Crippen LogP contribution in [0.25, 0.3) is 0 Å². The fourth-order valence-electron chi connectivity index (χ4n) is 1.61. The lowest BCUT2D eigenvalue weighted by Crippen LogP contribution is -2.13. The number of carbonyl (C=O) groups excluding carboxylic acids is 1. The highest BCUT2D eigenvalue weighted by molar-refractivity contribution is 6.38. The largest absolute Gasteiger partial charge is 0.493 e. The highest BCUT2D eigenvalue weighted by Gasteiger charge is 2.15. The molecule has 1 aromatic carbocycles. The van der Waals surface area contributed by atoms with Crippen LogP contribution in [-0.4, -0.2) is 30.1 Å². The van der Waals surface area contributed by atoms with Crippen molar-refractivity contribution in [1.29, 1.82) is 0 Å². The number of nitrogens with one attached hydrogen (secondary N) is 1. The Hall–Kier alpha value is -2.05. The highest BCUT2D eigenvalue weighted by Crippen LogP contribution is 2.29. The van der Waals surface area contributed by atoms with Crippen LogP contribution in [0.2, 0.25) is 10.3 Å². The topological polar surface area (TPSA) is 73.3 Å². The summed E-state index contributed by atoms with van der Waals surface area (Å²) in [6, 6.07) is 4.75. The maximum absolute atomic E-state index is 12.2. The summed E-state index contributed by atoms with van der Waals surface area (Å²) in [7, 11) is 3.00. The minimum absolute atomic E-state index is 0.0591. The van der Waals surface area contributed by atoms with E-state index in [0.717, 1.165) is 0 Å². The Morgan fingerprint density at radius 1 is 1.10 bits per heavy atom. The average molecular weight is 328 g/mol. The first-order chi connectivity index (χ1) is 10.1. The smallest absolute Gasteiger partial charge is 0.255 e. The molecule has 6 nitrogen and oxygen atoms in total. The molecule has 0 spiro atoms.